The molecule has 5 N–H and O–H groups in total. The minimum Gasteiger partial charge on any atom is -0.351 e. The molecule has 0 radical (unpaired) electrons. The van der Waals surface area contributed by atoms with Gasteiger partial charge in [-0.25, -0.2) is 18.0 Å². The van der Waals surface area contributed by atoms with Gasteiger partial charge in [0.25, 0.3) is 5.91 Å². The van der Waals surface area contributed by atoms with Crippen molar-refractivity contribution in [3.05, 3.63) is 24.3 Å². The molecule has 1 aromatic carbocycles. The number of fused-ring (bicyclic) bond motifs is 1. The second-order valence-electron chi connectivity index (χ2n) is 6.26. The zero-order valence-corrected chi connectivity index (χ0v) is 14.4. The van der Waals surface area contributed by atoms with Gasteiger partial charge in [0.15, 0.2) is 9.84 Å². The quantitative estimate of drug-likeness (QED) is 0.555. The zero-order valence-electron chi connectivity index (χ0n) is 13.6. The third-order valence-corrected chi connectivity index (χ3v) is 6.91. The molecule has 1 heterocycles. The average molecular weight is 382 g/mol. The molecule has 1 aliphatic carbocycles. The van der Waals surface area contributed by atoms with Crippen LogP contribution < -0.4 is 16.4 Å². The normalized spacial score (nSPS) is 26.0. The maximum atomic E-state index is 13.1. The summed E-state index contributed by atoms with van der Waals surface area (Å²) in [4.78, 5) is 34.8. The first-order valence-electron chi connectivity index (χ1n) is 7.95. The van der Waals surface area contributed by atoms with Crippen molar-refractivity contribution in [3.63, 3.8) is 0 Å². The van der Waals surface area contributed by atoms with Gasteiger partial charge in [-0.05, 0) is 31.0 Å². The van der Waals surface area contributed by atoms with Crippen molar-refractivity contribution in [2.75, 3.05) is 5.32 Å². The van der Waals surface area contributed by atoms with Gasteiger partial charge in [-0.1, -0.05) is 12.5 Å². The van der Waals surface area contributed by atoms with Crippen LogP contribution in [0.2, 0.25) is 0 Å². The number of rotatable bonds is 3. The summed E-state index contributed by atoms with van der Waals surface area (Å²) >= 11 is 0. The minimum atomic E-state index is -3.91. The topological polar surface area (TPSA) is 159 Å². The maximum Gasteiger partial charge on any atom is 0.348 e. The van der Waals surface area contributed by atoms with Crippen LogP contribution in [0.5, 0.6) is 0 Å². The lowest BCUT2D eigenvalue weighted by Crippen LogP contribution is -2.64. The number of anilines is 1. The molecule has 0 spiro atoms. The van der Waals surface area contributed by atoms with Crippen molar-refractivity contribution >= 4 is 33.5 Å². The van der Waals surface area contributed by atoms with Crippen molar-refractivity contribution < 1.29 is 28.0 Å². The fraction of sp³-hybridized carbons (Fsp3) is 0.400. The summed E-state index contributed by atoms with van der Waals surface area (Å²) in [6.45, 7) is 0. The number of sulfone groups is 1. The van der Waals surface area contributed by atoms with Gasteiger partial charge < -0.3 is 16.4 Å². The highest BCUT2D eigenvalue weighted by atomic mass is 32.2. The number of imide groups is 1. The first kappa shape index (κ1) is 18.1. The summed E-state index contributed by atoms with van der Waals surface area (Å²) in [7, 11) is -3.91. The van der Waals surface area contributed by atoms with Crippen molar-refractivity contribution in [2.24, 2.45) is 11.7 Å². The standard InChI is InChI=1S/C15H18N4O6S/c16-14(21)17-8-3-1-4-9(7-8)26(24,25)11-6-2-5-10-12(11)18-15(22)19(23)13(10)20/h1,3-4,7,10-12,23H,2,5-6H2,(H,18,22)(H3,16,17,21). The number of carbonyl (C=O) groups is 3. The Morgan fingerprint density at radius 1 is 1.31 bits per heavy atom. The molecule has 140 valence electrons. The van der Waals surface area contributed by atoms with Gasteiger partial charge in [0.2, 0.25) is 0 Å². The Morgan fingerprint density at radius 2 is 2.04 bits per heavy atom. The number of urea groups is 2. The second kappa shape index (κ2) is 6.57. The molecule has 26 heavy (non-hydrogen) atoms. The molecular weight excluding hydrogens is 364 g/mol. The van der Waals surface area contributed by atoms with Crippen molar-refractivity contribution in [2.45, 2.75) is 35.4 Å². The second-order valence-corrected chi connectivity index (χ2v) is 8.43. The number of benzene rings is 1. The number of hydrogen-bond donors (Lipinski definition) is 4. The van der Waals surface area contributed by atoms with Crippen LogP contribution in [0.3, 0.4) is 0 Å². The fourth-order valence-corrected chi connectivity index (χ4v) is 5.53. The molecular formula is C15H18N4O6S. The number of nitrogens with two attached hydrogens (primary N) is 1. The third-order valence-electron chi connectivity index (χ3n) is 4.67. The number of carbonyl (C=O) groups excluding carboxylic acids is 3. The van der Waals surface area contributed by atoms with E-state index in [0.29, 0.717) is 12.8 Å². The third kappa shape index (κ3) is 3.10. The minimum absolute atomic E-state index is 0.00638. The summed E-state index contributed by atoms with van der Waals surface area (Å²) in [5.41, 5.74) is 5.26. The summed E-state index contributed by atoms with van der Waals surface area (Å²) in [6, 6.07) is 2.80. The van der Waals surface area contributed by atoms with Crippen LogP contribution in [0.4, 0.5) is 15.3 Å². The Kier molecular flexibility index (Phi) is 4.59. The maximum absolute atomic E-state index is 13.1. The van der Waals surface area contributed by atoms with Crippen LogP contribution in [0.15, 0.2) is 29.2 Å². The van der Waals surface area contributed by atoms with Gasteiger partial charge in [0.05, 0.1) is 22.1 Å². The lowest BCUT2D eigenvalue weighted by molar-refractivity contribution is -0.163. The van der Waals surface area contributed by atoms with Gasteiger partial charge in [-0.15, -0.1) is 5.06 Å². The van der Waals surface area contributed by atoms with Crippen LogP contribution >= 0.6 is 0 Å². The highest BCUT2D eigenvalue weighted by Crippen LogP contribution is 2.35. The number of amides is 5. The van der Waals surface area contributed by atoms with Crippen LogP contribution in [-0.4, -0.2) is 47.9 Å². The molecule has 1 saturated heterocycles. The van der Waals surface area contributed by atoms with E-state index in [1.54, 1.807) is 0 Å². The molecule has 2 aliphatic rings. The lowest BCUT2D eigenvalue weighted by atomic mass is 9.82. The van der Waals surface area contributed by atoms with Gasteiger partial charge in [-0.2, -0.15) is 0 Å². The van der Waals surface area contributed by atoms with E-state index in [2.05, 4.69) is 10.6 Å². The van der Waals surface area contributed by atoms with Gasteiger partial charge in [-0.3, -0.25) is 10.0 Å². The van der Waals surface area contributed by atoms with Crippen LogP contribution in [0.1, 0.15) is 19.3 Å². The molecule has 1 aromatic rings. The molecule has 0 bridgehead atoms. The van der Waals surface area contributed by atoms with Gasteiger partial charge in [0.1, 0.15) is 0 Å². The van der Waals surface area contributed by atoms with E-state index < -0.39 is 45.0 Å². The summed E-state index contributed by atoms with van der Waals surface area (Å²) in [5.74, 6) is -1.61. The Labute approximate surface area is 149 Å². The van der Waals surface area contributed by atoms with E-state index in [4.69, 9.17) is 5.73 Å². The molecule has 3 atom stereocenters. The number of hydrogen-bond acceptors (Lipinski definition) is 6. The predicted octanol–water partition coefficient (Wildman–Crippen LogP) is 0.429. The predicted molar refractivity (Wildman–Crippen MR) is 88.9 cm³/mol. The number of nitrogens with one attached hydrogen (secondary N) is 2. The zero-order chi connectivity index (χ0) is 19.1. The largest absolute Gasteiger partial charge is 0.351 e. The van der Waals surface area contributed by atoms with E-state index in [0.717, 1.165) is 0 Å². The molecule has 11 heteroatoms. The summed E-state index contributed by atoms with van der Waals surface area (Å²) < 4.78 is 26.2. The molecule has 0 aromatic heterocycles. The summed E-state index contributed by atoms with van der Waals surface area (Å²) in [5, 5.41) is 13.2. The average Bonchev–Trinajstić information content (AvgIpc) is 2.59. The van der Waals surface area contributed by atoms with Crippen molar-refractivity contribution in [3.8, 4) is 0 Å². The number of hydroxylamine groups is 2. The molecule has 1 saturated carbocycles. The molecule has 3 rings (SSSR count). The Bertz CT molecular complexity index is 871. The van der Waals surface area contributed by atoms with Gasteiger partial charge in [0, 0.05) is 5.69 Å². The first-order chi connectivity index (χ1) is 12.2. The Morgan fingerprint density at radius 3 is 2.73 bits per heavy atom. The van der Waals surface area contributed by atoms with E-state index in [1.165, 1.54) is 24.3 Å². The van der Waals surface area contributed by atoms with Crippen LogP contribution in [0, 0.1) is 5.92 Å². The van der Waals surface area contributed by atoms with Crippen LogP contribution in [0.25, 0.3) is 0 Å². The van der Waals surface area contributed by atoms with E-state index in [1.807, 2.05) is 0 Å². The van der Waals surface area contributed by atoms with E-state index in [-0.39, 0.29) is 22.1 Å². The highest BCUT2D eigenvalue weighted by Gasteiger charge is 2.50. The highest BCUT2D eigenvalue weighted by molar-refractivity contribution is 7.92. The molecule has 5 amide bonds. The summed E-state index contributed by atoms with van der Waals surface area (Å²) in [6.07, 6.45) is 1.09. The van der Waals surface area contributed by atoms with E-state index >= 15 is 0 Å². The first-order valence-corrected chi connectivity index (χ1v) is 9.50. The Hall–Kier alpha value is -2.66. The number of nitrogens with zero attached hydrogens (tertiary/aromatic N) is 1. The van der Waals surface area contributed by atoms with Crippen LogP contribution in [-0.2, 0) is 14.6 Å². The number of primary amides is 1. The van der Waals surface area contributed by atoms with Crippen molar-refractivity contribution in [1.82, 2.24) is 10.4 Å². The lowest BCUT2D eigenvalue weighted by Gasteiger charge is -2.41. The van der Waals surface area contributed by atoms with Gasteiger partial charge >= 0.3 is 12.1 Å². The molecule has 2 fully saturated rings. The monoisotopic (exact) mass is 382 g/mol. The molecule has 10 nitrogen and oxygen atoms in total. The van der Waals surface area contributed by atoms with E-state index in [9.17, 15) is 28.0 Å². The smallest absolute Gasteiger partial charge is 0.348 e. The molecule has 1 aliphatic heterocycles. The van der Waals surface area contributed by atoms with Crippen molar-refractivity contribution in [1.29, 1.82) is 0 Å². The fourth-order valence-electron chi connectivity index (χ4n) is 3.50. The Balaban J connectivity index is 1.95. The SMILES string of the molecule is NC(=O)Nc1cccc(S(=O)(=O)C2CCCC3C(=O)N(O)C(=O)NC32)c1. The molecule has 3 unspecified atom stereocenters.